The minimum atomic E-state index is -0.181. The van der Waals surface area contributed by atoms with Gasteiger partial charge in [0.2, 0.25) is 5.91 Å². The van der Waals surface area contributed by atoms with E-state index in [9.17, 15) is 9.59 Å². The minimum absolute atomic E-state index is 0.00676. The van der Waals surface area contributed by atoms with Crippen LogP contribution in [0.3, 0.4) is 0 Å². The van der Waals surface area contributed by atoms with Gasteiger partial charge < -0.3 is 23.8 Å². The number of fused-ring (bicyclic) bond motifs is 1. The van der Waals surface area contributed by atoms with Crippen molar-refractivity contribution in [2.24, 2.45) is 0 Å². The molecule has 0 saturated heterocycles. The fraction of sp³-hybridized carbons (Fsp3) is 0.550. The van der Waals surface area contributed by atoms with E-state index in [1.165, 1.54) is 25.1 Å². The van der Waals surface area contributed by atoms with Crippen LogP contribution in [0.2, 0.25) is 0 Å². The van der Waals surface area contributed by atoms with Gasteiger partial charge in [-0.2, -0.15) is 0 Å². The summed E-state index contributed by atoms with van der Waals surface area (Å²) < 4.78 is 22.2. The van der Waals surface area contributed by atoms with Crippen LogP contribution in [-0.4, -0.2) is 75.1 Å². The van der Waals surface area contributed by atoms with Gasteiger partial charge in [-0.15, -0.1) is 0 Å². The molecule has 0 saturated carbocycles. The highest BCUT2D eigenvalue weighted by atomic mass is 16.5. The van der Waals surface area contributed by atoms with Crippen molar-refractivity contribution >= 4 is 16.8 Å². The summed E-state index contributed by atoms with van der Waals surface area (Å²) >= 11 is 0. The lowest BCUT2D eigenvalue weighted by Gasteiger charge is -2.22. The van der Waals surface area contributed by atoms with Crippen molar-refractivity contribution in [3.63, 3.8) is 0 Å². The molecule has 1 heterocycles. The summed E-state index contributed by atoms with van der Waals surface area (Å²) in [7, 11) is 6.25. The number of hydrogen-bond acceptors (Lipinski definition) is 7. The molecule has 0 fully saturated rings. The molecule has 29 heavy (non-hydrogen) atoms. The normalized spacial score (nSPS) is 10.9. The van der Waals surface area contributed by atoms with Gasteiger partial charge in [-0.25, -0.2) is 4.98 Å². The number of ether oxygens (including phenoxy) is 4. The molecule has 2 rings (SSSR count). The van der Waals surface area contributed by atoms with Crippen LogP contribution in [0.25, 0.3) is 10.9 Å². The molecule has 0 aliphatic rings. The molecule has 0 aliphatic heterocycles. The number of methoxy groups -OCH3 is 4. The van der Waals surface area contributed by atoms with Gasteiger partial charge in [0.15, 0.2) is 11.5 Å². The molecule has 0 bridgehead atoms. The minimum Gasteiger partial charge on any atom is -0.493 e. The van der Waals surface area contributed by atoms with Crippen molar-refractivity contribution in [2.45, 2.75) is 19.4 Å². The average molecular weight is 407 g/mol. The molecule has 0 aliphatic carbocycles. The lowest BCUT2D eigenvalue weighted by Crippen LogP contribution is -2.36. The lowest BCUT2D eigenvalue weighted by molar-refractivity contribution is -0.132. The number of amides is 1. The predicted molar refractivity (Wildman–Crippen MR) is 109 cm³/mol. The Morgan fingerprint density at radius 3 is 2.24 bits per heavy atom. The summed E-state index contributed by atoms with van der Waals surface area (Å²) in [6.07, 6.45) is 2.34. The Labute approximate surface area is 170 Å². The van der Waals surface area contributed by atoms with Crippen LogP contribution in [0.15, 0.2) is 23.3 Å². The molecule has 0 radical (unpaired) electrons. The van der Waals surface area contributed by atoms with Crippen LogP contribution in [0.1, 0.15) is 12.8 Å². The summed E-state index contributed by atoms with van der Waals surface area (Å²) in [4.78, 5) is 31.3. The lowest BCUT2D eigenvalue weighted by atomic mass is 10.2. The second kappa shape index (κ2) is 11.4. The molecule has 2 aromatic rings. The van der Waals surface area contributed by atoms with E-state index in [0.29, 0.717) is 68.1 Å². The largest absolute Gasteiger partial charge is 0.493 e. The van der Waals surface area contributed by atoms with E-state index in [1.54, 1.807) is 31.3 Å². The van der Waals surface area contributed by atoms with Crippen LogP contribution in [0, 0.1) is 0 Å². The maximum atomic E-state index is 12.8. The molecular weight excluding hydrogens is 378 g/mol. The van der Waals surface area contributed by atoms with Crippen LogP contribution in [0.5, 0.6) is 11.5 Å². The fourth-order valence-electron chi connectivity index (χ4n) is 2.97. The number of hydrogen-bond donors (Lipinski definition) is 0. The molecule has 1 amide bonds. The predicted octanol–water partition coefficient (Wildman–Crippen LogP) is 1.32. The molecule has 0 spiro atoms. The number of carbonyl (C=O) groups is 1. The van der Waals surface area contributed by atoms with E-state index in [2.05, 4.69) is 4.98 Å². The second-order valence-electron chi connectivity index (χ2n) is 6.44. The van der Waals surface area contributed by atoms with E-state index >= 15 is 0 Å². The zero-order valence-corrected chi connectivity index (χ0v) is 17.5. The fourth-order valence-corrected chi connectivity index (χ4v) is 2.97. The van der Waals surface area contributed by atoms with E-state index in [0.717, 1.165) is 0 Å². The summed E-state index contributed by atoms with van der Waals surface area (Å²) in [6, 6.07) is 3.30. The van der Waals surface area contributed by atoms with Gasteiger partial charge in [-0.1, -0.05) is 0 Å². The molecule has 9 nitrogen and oxygen atoms in total. The van der Waals surface area contributed by atoms with E-state index in [-0.39, 0.29) is 11.5 Å². The Morgan fingerprint density at radius 2 is 1.66 bits per heavy atom. The number of carbonyl (C=O) groups excluding carboxylic acids is 1. The van der Waals surface area contributed by atoms with Crippen molar-refractivity contribution < 1.29 is 23.7 Å². The van der Waals surface area contributed by atoms with Gasteiger partial charge in [-0.3, -0.25) is 14.2 Å². The van der Waals surface area contributed by atoms with Crippen LogP contribution >= 0.6 is 0 Å². The Hall–Kier alpha value is -2.65. The van der Waals surface area contributed by atoms with Gasteiger partial charge in [0.05, 0.1) is 44.7 Å². The quantitative estimate of drug-likeness (QED) is 0.524. The molecular formula is C20H29N3O6. The zero-order chi connectivity index (χ0) is 21.2. The van der Waals surface area contributed by atoms with Gasteiger partial charge in [0.25, 0.3) is 5.56 Å². The Bertz CT molecular complexity index is 859. The number of benzene rings is 1. The van der Waals surface area contributed by atoms with Gasteiger partial charge in [-0.05, 0) is 12.5 Å². The molecule has 9 heteroatoms. The summed E-state index contributed by atoms with van der Waals surface area (Å²) in [6.45, 7) is 2.35. The van der Waals surface area contributed by atoms with Crippen molar-refractivity contribution in [1.82, 2.24) is 14.5 Å². The third-order valence-corrected chi connectivity index (χ3v) is 4.60. The Kier molecular flexibility index (Phi) is 8.88. The summed E-state index contributed by atoms with van der Waals surface area (Å²) in [5.74, 6) is 0.994. The third kappa shape index (κ3) is 5.91. The first-order chi connectivity index (χ1) is 14.0. The number of aromatic nitrogens is 2. The standard InChI is InChI=1S/C20H29N3O6/c1-26-10-8-22(9-11-27-2)19(24)6-5-7-23-14-21-16-13-18(29-4)17(28-3)12-15(16)20(23)25/h12-14H,5-11H2,1-4H3. The van der Waals surface area contributed by atoms with Crippen molar-refractivity contribution in [3.05, 3.63) is 28.8 Å². The summed E-state index contributed by atoms with van der Waals surface area (Å²) in [5, 5.41) is 0.443. The second-order valence-corrected chi connectivity index (χ2v) is 6.44. The Morgan fingerprint density at radius 1 is 1.03 bits per heavy atom. The SMILES string of the molecule is COCCN(CCOC)C(=O)CCCn1cnc2cc(OC)c(OC)cc2c1=O. The van der Waals surface area contributed by atoms with Gasteiger partial charge >= 0.3 is 0 Å². The molecule has 0 unspecified atom stereocenters. The number of rotatable bonds is 12. The van der Waals surface area contributed by atoms with Crippen molar-refractivity contribution in [3.8, 4) is 11.5 Å². The highest BCUT2D eigenvalue weighted by Crippen LogP contribution is 2.29. The topological polar surface area (TPSA) is 92.1 Å². The van der Waals surface area contributed by atoms with Crippen molar-refractivity contribution in [1.29, 1.82) is 0 Å². The molecule has 1 aromatic heterocycles. The van der Waals surface area contributed by atoms with Crippen molar-refractivity contribution in [2.75, 3.05) is 54.7 Å². The van der Waals surface area contributed by atoms with Gasteiger partial charge in [0.1, 0.15) is 0 Å². The Balaban J connectivity index is 2.07. The smallest absolute Gasteiger partial charge is 0.261 e. The molecule has 1 aromatic carbocycles. The van der Waals surface area contributed by atoms with Crippen LogP contribution in [-0.2, 0) is 20.8 Å². The van der Waals surface area contributed by atoms with Crippen LogP contribution < -0.4 is 15.0 Å². The van der Waals surface area contributed by atoms with E-state index in [4.69, 9.17) is 18.9 Å². The summed E-state index contributed by atoms with van der Waals surface area (Å²) in [5.41, 5.74) is 0.351. The molecule has 160 valence electrons. The molecule has 0 atom stereocenters. The average Bonchev–Trinajstić information content (AvgIpc) is 2.74. The van der Waals surface area contributed by atoms with Crippen LogP contribution in [0.4, 0.5) is 0 Å². The highest BCUT2D eigenvalue weighted by Gasteiger charge is 2.14. The first-order valence-corrected chi connectivity index (χ1v) is 9.42. The van der Waals surface area contributed by atoms with Gasteiger partial charge in [0, 0.05) is 46.3 Å². The number of aryl methyl sites for hydroxylation is 1. The first kappa shape index (κ1) is 22.6. The first-order valence-electron chi connectivity index (χ1n) is 9.42. The number of nitrogens with zero attached hydrogens (tertiary/aromatic N) is 3. The third-order valence-electron chi connectivity index (χ3n) is 4.60. The van der Waals surface area contributed by atoms with E-state index in [1.807, 2.05) is 0 Å². The monoisotopic (exact) mass is 407 g/mol. The molecule has 0 N–H and O–H groups in total. The highest BCUT2D eigenvalue weighted by molar-refractivity contribution is 5.81. The maximum Gasteiger partial charge on any atom is 0.261 e. The van der Waals surface area contributed by atoms with E-state index < -0.39 is 0 Å². The zero-order valence-electron chi connectivity index (χ0n) is 17.5. The maximum absolute atomic E-state index is 12.8.